The molecule has 0 heterocycles. The molecule has 0 bridgehead atoms. The quantitative estimate of drug-likeness (QED) is 0.869. The third kappa shape index (κ3) is 4.07. The zero-order valence-corrected chi connectivity index (χ0v) is 14.2. The van der Waals surface area contributed by atoms with Crippen LogP contribution in [0.4, 0.5) is 0 Å². The Morgan fingerprint density at radius 1 is 1.29 bits per heavy atom. The molecule has 0 aliphatic heterocycles. The van der Waals surface area contributed by atoms with Crippen molar-refractivity contribution in [1.29, 1.82) is 0 Å². The van der Waals surface area contributed by atoms with Gasteiger partial charge < -0.3 is 5.73 Å². The number of nitrogens with two attached hydrogens (primary N) is 1. The summed E-state index contributed by atoms with van der Waals surface area (Å²) in [4.78, 5) is 0.226. The number of benzene rings is 1. The lowest BCUT2D eigenvalue weighted by Gasteiger charge is -2.34. The predicted octanol–water partition coefficient (Wildman–Crippen LogP) is 2.05. The molecule has 5 heteroatoms. The number of nitrogens with zero attached hydrogens (tertiary/aromatic N) is 1. The molecule has 2 N–H and O–H groups in total. The van der Waals surface area contributed by atoms with Crippen LogP contribution in [0.1, 0.15) is 33.3 Å². The Morgan fingerprint density at radius 3 is 2.38 bits per heavy atom. The van der Waals surface area contributed by atoms with Crippen LogP contribution in [0.25, 0.3) is 0 Å². The lowest BCUT2D eigenvalue weighted by Crippen LogP contribution is -2.43. The van der Waals surface area contributed by atoms with Gasteiger partial charge in [-0.3, -0.25) is 0 Å². The molecule has 1 atom stereocenters. The highest BCUT2D eigenvalue weighted by Gasteiger charge is 2.33. The van der Waals surface area contributed by atoms with E-state index in [9.17, 15) is 8.42 Å². The molecular formula is C16H24N2O2S. The fraction of sp³-hybridized carbons (Fsp3) is 0.500. The summed E-state index contributed by atoms with van der Waals surface area (Å²) in [7, 11) is -1.98. The van der Waals surface area contributed by atoms with Crippen LogP contribution < -0.4 is 5.73 Å². The Labute approximate surface area is 128 Å². The topological polar surface area (TPSA) is 63.4 Å². The zero-order chi connectivity index (χ0) is 16.3. The summed E-state index contributed by atoms with van der Waals surface area (Å²) in [5, 5.41) is 0. The van der Waals surface area contributed by atoms with Crippen molar-refractivity contribution in [2.24, 2.45) is 11.1 Å². The minimum absolute atomic E-state index is 0.141. The van der Waals surface area contributed by atoms with Crippen LogP contribution >= 0.6 is 0 Å². The standard InChI is InChI=1S/C16H24N2O2S/c1-13(16(2,3)4)18(5)21(19,20)15-11-7-6-9-14(15)10-8-12-17/h6-7,9,11,13H,12,17H2,1-5H3. The van der Waals surface area contributed by atoms with Gasteiger partial charge in [-0.05, 0) is 24.5 Å². The molecule has 116 valence electrons. The van der Waals surface area contributed by atoms with Crippen molar-refractivity contribution in [2.45, 2.75) is 38.6 Å². The first-order chi connectivity index (χ1) is 9.62. The summed E-state index contributed by atoms with van der Waals surface area (Å²) in [6.07, 6.45) is 0. The molecule has 0 saturated heterocycles. The van der Waals surface area contributed by atoms with Gasteiger partial charge in [0.1, 0.15) is 0 Å². The predicted molar refractivity (Wildman–Crippen MR) is 86.2 cm³/mol. The van der Waals surface area contributed by atoms with E-state index in [4.69, 9.17) is 5.73 Å². The van der Waals surface area contributed by atoms with Crippen molar-refractivity contribution in [3.05, 3.63) is 29.8 Å². The van der Waals surface area contributed by atoms with Gasteiger partial charge in [-0.25, -0.2) is 8.42 Å². The van der Waals surface area contributed by atoms with Gasteiger partial charge in [0, 0.05) is 18.7 Å². The van der Waals surface area contributed by atoms with Crippen molar-refractivity contribution < 1.29 is 8.42 Å². The highest BCUT2D eigenvalue weighted by atomic mass is 32.2. The minimum Gasteiger partial charge on any atom is -0.320 e. The molecule has 0 aromatic heterocycles. The minimum atomic E-state index is -3.59. The maximum atomic E-state index is 12.8. The van der Waals surface area contributed by atoms with E-state index < -0.39 is 10.0 Å². The van der Waals surface area contributed by atoms with Crippen molar-refractivity contribution in [1.82, 2.24) is 4.31 Å². The lowest BCUT2D eigenvalue weighted by molar-refractivity contribution is 0.216. The lowest BCUT2D eigenvalue weighted by atomic mass is 9.88. The molecule has 4 nitrogen and oxygen atoms in total. The maximum absolute atomic E-state index is 12.8. The molecular weight excluding hydrogens is 284 g/mol. The second-order valence-corrected chi connectivity index (χ2v) is 8.03. The monoisotopic (exact) mass is 308 g/mol. The van der Waals surface area contributed by atoms with Crippen LogP contribution in [0.2, 0.25) is 0 Å². The number of sulfonamides is 1. The summed E-state index contributed by atoms with van der Waals surface area (Å²) in [5.74, 6) is 5.54. The zero-order valence-electron chi connectivity index (χ0n) is 13.3. The van der Waals surface area contributed by atoms with Gasteiger partial charge in [-0.15, -0.1) is 0 Å². The molecule has 0 aliphatic rings. The first kappa shape index (κ1) is 17.7. The van der Waals surface area contributed by atoms with E-state index in [1.165, 1.54) is 4.31 Å². The van der Waals surface area contributed by atoms with Gasteiger partial charge in [0.2, 0.25) is 10.0 Å². The summed E-state index contributed by atoms with van der Waals surface area (Å²) in [5.41, 5.74) is 5.70. The normalized spacial score (nSPS) is 13.7. The molecule has 0 spiro atoms. The number of rotatable bonds is 3. The Bertz CT molecular complexity index is 649. The summed E-state index contributed by atoms with van der Waals surface area (Å²) < 4.78 is 27.1. The largest absolute Gasteiger partial charge is 0.320 e. The Balaban J connectivity index is 3.32. The Morgan fingerprint density at radius 2 is 1.86 bits per heavy atom. The summed E-state index contributed by atoms with van der Waals surface area (Å²) in [6.45, 7) is 8.16. The van der Waals surface area contributed by atoms with Crippen LogP contribution in [-0.4, -0.2) is 32.4 Å². The van der Waals surface area contributed by atoms with Gasteiger partial charge >= 0.3 is 0 Å². The van der Waals surface area contributed by atoms with Gasteiger partial charge in [0.15, 0.2) is 0 Å². The average molecular weight is 308 g/mol. The van der Waals surface area contributed by atoms with Crippen molar-refractivity contribution in [3.8, 4) is 11.8 Å². The Hall–Kier alpha value is -1.35. The third-order valence-electron chi connectivity index (χ3n) is 3.67. The molecule has 1 aromatic rings. The van der Waals surface area contributed by atoms with Gasteiger partial charge in [0.25, 0.3) is 0 Å². The third-order valence-corrected chi connectivity index (χ3v) is 5.65. The number of hydrogen-bond donors (Lipinski definition) is 1. The molecule has 1 aromatic carbocycles. The van der Waals surface area contributed by atoms with Crippen molar-refractivity contribution in [2.75, 3.05) is 13.6 Å². The van der Waals surface area contributed by atoms with Crippen molar-refractivity contribution >= 4 is 10.0 Å². The van der Waals surface area contributed by atoms with E-state index in [0.29, 0.717) is 5.56 Å². The number of hydrogen-bond acceptors (Lipinski definition) is 3. The van der Waals surface area contributed by atoms with Gasteiger partial charge in [-0.2, -0.15) is 4.31 Å². The summed E-state index contributed by atoms with van der Waals surface area (Å²) in [6, 6.07) is 6.62. The Kier molecular flexibility index (Phi) is 5.57. The summed E-state index contributed by atoms with van der Waals surface area (Å²) >= 11 is 0. The van der Waals surface area contributed by atoms with Crippen LogP contribution in [-0.2, 0) is 10.0 Å². The second-order valence-electron chi connectivity index (χ2n) is 6.07. The average Bonchev–Trinajstić information content (AvgIpc) is 2.42. The van der Waals surface area contributed by atoms with E-state index >= 15 is 0 Å². The molecule has 0 saturated carbocycles. The molecule has 0 amide bonds. The van der Waals surface area contributed by atoms with Gasteiger partial charge in [-0.1, -0.05) is 44.7 Å². The first-order valence-electron chi connectivity index (χ1n) is 6.88. The second kappa shape index (κ2) is 6.61. The van der Waals surface area contributed by atoms with E-state index in [0.717, 1.165) is 0 Å². The van der Waals surface area contributed by atoms with E-state index in [1.54, 1.807) is 31.3 Å². The van der Waals surface area contributed by atoms with Gasteiger partial charge in [0.05, 0.1) is 11.4 Å². The van der Waals surface area contributed by atoms with E-state index in [1.807, 2.05) is 27.7 Å². The fourth-order valence-corrected chi connectivity index (χ4v) is 3.54. The molecule has 1 rings (SSSR count). The molecule has 21 heavy (non-hydrogen) atoms. The highest BCUT2D eigenvalue weighted by Crippen LogP contribution is 2.28. The van der Waals surface area contributed by atoms with Crippen LogP contribution in [0.3, 0.4) is 0 Å². The van der Waals surface area contributed by atoms with E-state index in [-0.39, 0.29) is 22.9 Å². The van der Waals surface area contributed by atoms with Crippen LogP contribution in [0.15, 0.2) is 29.2 Å². The van der Waals surface area contributed by atoms with Crippen molar-refractivity contribution in [3.63, 3.8) is 0 Å². The maximum Gasteiger partial charge on any atom is 0.244 e. The highest BCUT2D eigenvalue weighted by molar-refractivity contribution is 7.89. The smallest absolute Gasteiger partial charge is 0.244 e. The molecule has 0 aliphatic carbocycles. The SMILES string of the molecule is CC(N(C)S(=O)(=O)c1ccccc1C#CCN)C(C)(C)C. The first-order valence-corrected chi connectivity index (χ1v) is 8.32. The van der Waals surface area contributed by atoms with Crippen LogP contribution in [0.5, 0.6) is 0 Å². The van der Waals surface area contributed by atoms with E-state index in [2.05, 4.69) is 11.8 Å². The van der Waals surface area contributed by atoms with Crippen LogP contribution in [0, 0.1) is 17.3 Å². The fourth-order valence-electron chi connectivity index (χ4n) is 1.85. The molecule has 1 unspecified atom stereocenters. The molecule has 0 fully saturated rings. The molecule has 0 radical (unpaired) electrons.